The van der Waals surface area contributed by atoms with Crippen molar-refractivity contribution in [1.29, 1.82) is 0 Å². The van der Waals surface area contributed by atoms with Crippen LogP contribution in [0.2, 0.25) is 0 Å². The number of hydrogen-bond donors (Lipinski definition) is 2. The highest BCUT2D eigenvalue weighted by atomic mass is 32.1. The SMILES string of the molecule is Cc1ccccc1CCNC(=O)CCS. The number of carbonyl (C=O) groups is 1. The lowest BCUT2D eigenvalue weighted by Crippen LogP contribution is -2.25. The maximum Gasteiger partial charge on any atom is 0.220 e. The topological polar surface area (TPSA) is 29.1 Å². The molecule has 0 saturated heterocycles. The molecular weight excluding hydrogens is 206 g/mol. The average Bonchev–Trinajstić information content (AvgIpc) is 2.21. The number of rotatable bonds is 5. The first-order chi connectivity index (χ1) is 7.24. The Kier molecular flexibility index (Phi) is 5.26. The second-order valence-electron chi connectivity index (χ2n) is 3.50. The minimum atomic E-state index is 0.0820. The predicted octanol–water partition coefficient (Wildman–Crippen LogP) is 1.97. The van der Waals surface area contributed by atoms with Crippen molar-refractivity contribution in [3.05, 3.63) is 35.4 Å². The molecule has 1 N–H and O–H groups in total. The van der Waals surface area contributed by atoms with Crippen LogP contribution in [-0.4, -0.2) is 18.2 Å². The summed E-state index contributed by atoms with van der Waals surface area (Å²) in [6.07, 6.45) is 1.39. The molecule has 0 aliphatic carbocycles. The lowest BCUT2D eigenvalue weighted by atomic mass is 10.1. The summed E-state index contributed by atoms with van der Waals surface area (Å²) < 4.78 is 0. The van der Waals surface area contributed by atoms with E-state index in [0.29, 0.717) is 18.7 Å². The molecule has 0 saturated carbocycles. The molecule has 2 nitrogen and oxygen atoms in total. The van der Waals surface area contributed by atoms with Gasteiger partial charge >= 0.3 is 0 Å². The third kappa shape index (κ3) is 4.38. The summed E-state index contributed by atoms with van der Waals surface area (Å²) in [5.41, 5.74) is 2.57. The standard InChI is InChI=1S/C12H17NOS/c1-10-4-2-3-5-11(10)6-8-13-12(14)7-9-15/h2-5,15H,6-9H2,1H3,(H,13,14). The fourth-order valence-electron chi connectivity index (χ4n) is 1.42. The molecule has 0 spiro atoms. The highest BCUT2D eigenvalue weighted by Crippen LogP contribution is 2.06. The van der Waals surface area contributed by atoms with Crippen LogP contribution < -0.4 is 5.32 Å². The van der Waals surface area contributed by atoms with E-state index in [1.165, 1.54) is 11.1 Å². The number of benzene rings is 1. The molecule has 1 amide bonds. The van der Waals surface area contributed by atoms with Crippen LogP contribution in [0, 0.1) is 6.92 Å². The van der Waals surface area contributed by atoms with E-state index < -0.39 is 0 Å². The van der Waals surface area contributed by atoms with Crippen molar-refractivity contribution >= 4 is 18.5 Å². The Hall–Kier alpha value is -0.960. The van der Waals surface area contributed by atoms with Gasteiger partial charge in [-0.2, -0.15) is 12.6 Å². The zero-order valence-corrected chi connectivity index (χ0v) is 9.89. The van der Waals surface area contributed by atoms with Gasteiger partial charge in [0.15, 0.2) is 0 Å². The third-order valence-electron chi connectivity index (χ3n) is 2.32. The van der Waals surface area contributed by atoms with Gasteiger partial charge < -0.3 is 5.32 Å². The number of amides is 1. The predicted molar refractivity (Wildman–Crippen MR) is 66.4 cm³/mol. The molecule has 0 aliphatic rings. The van der Waals surface area contributed by atoms with Gasteiger partial charge in [-0.15, -0.1) is 0 Å². The molecule has 0 bridgehead atoms. The quantitative estimate of drug-likeness (QED) is 0.734. The summed E-state index contributed by atoms with van der Waals surface area (Å²) in [4.78, 5) is 11.2. The molecule has 0 atom stereocenters. The van der Waals surface area contributed by atoms with Gasteiger partial charge in [0.2, 0.25) is 5.91 Å². The zero-order chi connectivity index (χ0) is 11.1. The minimum Gasteiger partial charge on any atom is -0.356 e. The molecule has 1 aromatic carbocycles. The van der Waals surface area contributed by atoms with Crippen molar-refractivity contribution in [1.82, 2.24) is 5.32 Å². The molecule has 82 valence electrons. The molecule has 0 unspecified atom stereocenters. The summed E-state index contributed by atoms with van der Waals surface area (Å²) in [5.74, 6) is 0.689. The molecule has 1 rings (SSSR count). The van der Waals surface area contributed by atoms with E-state index in [4.69, 9.17) is 0 Å². The summed E-state index contributed by atoms with van der Waals surface area (Å²) in [5, 5.41) is 2.87. The van der Waals surface area contributed by atoms with E-state index in [-0.39, 0.29) is 5.91 Å². The van der Waals surface area contributed by atoms with Crippen LogP contribution in [0.5, 0.6) is 0 Å². The van der Waals surface area contributed by atoms with Crippen molar-refractivity contribution in [3.63, 3.8) is 0 Å². The van der Waals surface area contributed by atoms with E-state index in [1.54, 1.807) is 0 Å². The number of nitrogens with one attached hydrogen (secondary N) is 1. The van der Waals surface area contributed by atoms with Gasteiger partial charge in [-0.3, -0.25) is 4.79 Å². The van der Waals surface area contributed by atoms with Crippen molar-refractivity contribution in [2.45, 2.75) is 19.8 Å². The zero-order valence-electron chi connectivity index (χ0n) is 8.99. The number of thiol groups is 1. The first kappa shape index (κ1) is 12.1. The second-order valence-corrected chi connectivity index (χ2v) is 3.95. The molecule has 0 aliphatic heterocycles. The van der Waals surface area contributed by atoms with Gasteiger partial charge in [-0.1, -0.05) is 24.3 Å². The molecule has 0 heterocycles. The van der Waals surface area contributed by atoms with Crippen LogP contribution >= 0.6 is 12.6 Å². The molecule has 1 aromatic rings. The summed E-state index contributed by atoms with van der Waals surface area (Å²) in [6, 6.07) is 8.24. The summed E-state index contributed by atoms with van der Waals surface area (Å²) in [6.45, 7) is 2.79. The molecule has 15 heavy (non-hydrogen) atoms. The minimum absolute atomic E-state index is 0.0820. The summed E-state index contributed by atoms with van der Waals surface area (Å²) >= 11 is 4.01. The van der Waals surface area contributed by atoms with Gasteiger partial charge in [0.25, 0.3) is 0 Å². The van der Waals surface area contributed by atoms with E-state index in [2.05, 4.69) is 37.0 Å². The number of hydrogen-bond acceptors (Lipinski definition) is 2. The maximum atomic E-state index is 11.2. The van der Waals surface area contributed by atoms with Gasteiger partial charge in [-0.25, -0.2) is 0 Å². The Bertz CT molecular complexity index is 325. The van der Waals surface area contributed by atoms with Crippen molar-refractivity contribution in [2.24, 2.45) is 0 Å². The van der Waals surface area contributed by atoms with Crippen LogP contribution in [0.25, 0.3) is 0 Å². The Balaban J connectivity index is 2.32. The highest BCUT2D eigenvalue weighted by molar-refractivity contribution is 7.80. The Morgan fingerprint density at radius 1 is 1.40 bits per heavy atom. The van der Waals surface area contributed by atoms with Gasteiger partial charge in [0.1, 0.15) is 0 Å². The van der Waals surface area contributed by atoms with Crippen LogP contribution in [0.1, 0.15) is 17.5 Å². The van der Waals surface area contributed by atoms with Crippen LogP contribution in [0.4, 0.5) is 0 Å². The molecule has 3 heteroatoms. The second kappa shape index (κ2) is 6.51. The molecule has 0 aromatic heterocycles. The van der Waals surface area contributed by atoms with Crippen LogP contribution in [0.3, 0.4) is 0 Å². The highest BCUT2D eigenvalue weighted by Gasteiger charge is 2.00. The van der Waals surface area contributed by atoms with Crippen molar-refractivity contribution in [2.75, 3.05) is 12.3 Å². The van der Waals surface area contributed by atoms with Crippen LogP contribution in [0.15, 0.2) is 24.3 Å². The summed E-state index contributed by atoms with van der Waals surface area (Å²) in [7, 11) is 0. The van der Waals surface area contributed by atoms with Crippen molar-refractivity contribution in [3.8, 4) is 0 Å². The largest absolute Gasteiger partial charge is 0.356 e. The van der Waals surface area contributed by atoms with Gasteiger partial charge in [0, 0.05) is 13.0 Å². The fraction of sp³-hybridized carbons (Fsp3) is 0.417. The lowest BCUT2D eigenvalue weighted by Gasteiger charge is -2.06. The number of aryl methyl sites for hydroxylation is 1. The van der Waals surface area contributed by atoms with Crippen molar-refractivity contribution < 1.29 is 4.79 Å². The first-order valence-electron chi connectivity index (χ1n) is 5.16. The average molecular weight is 223 g/mol. The normalized spacial score (nSPS) is 10.0. The van der Waals surface area contributed by atoms with Gasteiger partial charge in [0.05, 0.1) is 0 Å². The smallest absolute Gasteiger partial charge is 0.220 e. The molecule has 0 fully saturated rings. The Morgan fingerprint density at radius 3 is 2.80 bits per heavy atom. The molecule has 0 radical (unpaired) electrons. The number of carbonyl (C=O) groups excluding carboxylic acids is 1. The Morgan fingerprint density at radius 2 is 2.13 bits per heavy atom. The Labute approximate surface area is 96.5 Å². The van der Waals surface area contributed by atoms with E-state index in [0.717, 1.165) is 6.42 Å². The molecular formula is C12H17NOS. The van der Waals surface area contributed by atoms with E-state index >= 15 is 0 Å². The van der Waals surface area contributed by atoms with Crippen LogP contribution in [-0.2, 0) is 11.2 Å². The first-order valence-corrected chi connectivity index (χ1v) is 5.79. The van der Waals surface area contributed by atoms with E-state index in [1.807, 2.05) is 12.1 Å². The lowest BCUT2D eigenvalue weighted by molar-refractivity contribution is -0.120. The monoisotopic (exact) mass is 223 g/mol. The fourth-order valence-corrected chi connectivity index (χ4v) is 1.62. The maximum absolute atomic E-state index is 11.2. The van der Waals surface area contributed by atoms with Gasteiger partial charge in [-0.05, 0) is 30.2 Å². The third-order valence-corrected chi connectivity index (χ3v) is 2.54. The van der Waals surface area contributed by atoms with E-state index in [9.17, 15) is 4.79 Å².